The van der Waals surface area contributed by atoms with E-state index >= 15 is 0 Å². The molecule has 0 aliphatic rings. The summed E-state index contributed by atoms with van der Waals surface area (Å²) in [5.41, 5.74) is 5.41. The lowest BCUT2D eigenvalue weighted by atomic mass is 10.2. The quantitative estimate of drug-likeness (QED) is 0.240. The van der Waals surface area contributed by atoms with E-state index in [-0.39, 0.29) is 11.7 Å². The molecule has 1 N–H and O–H groups in total. The monoisotopic (exact) mass is 430 g/mol. The number of amides is 1. The van der Waals surface area contributed by atoms with Crippen molar-refractivity contribution in [1.82, 2.24) is 15.0 Å². The van der Waals surface area contributed by atoms with Crippen molar-refractivity contribution >= 4 is 34.9 Å². The minimum absolute atomic E-state index is 0.187. The molecule has 0 fully saturated rings. The van der Waals surface area contributed by atoms with Crippen LogP contribution in [0.5, 0.6) is 11.5 Å². The van der Waals surface area contributed by atoms with Gasteiger partial charge in [-0.25, -0.2) is 10.4 Å². The fourth-order valence-electron chi connectivity index (χ4n) is 3.09. The molecule has 0 spiro atoms. The first-order valence-electron chi connectivity index (χ1n) is 9.96. The molecule has 6 nitrogen and oxygen atoms in total. The van der Waals surface area contributed by atoms with Gasteiger partial charge in [-0.15, -0.1) is 0 Å². The van der Waals surface area contributed by atoms with Gasteiger partial charge in [0, 0.05) is 6.54 Å². The van der Waals surface area contributed by atoms with E-state index in [4.69, 9.17) is 4.74 Å². The Hall–Kier alpha value is -3.58. The molecular formula is C24H22N4O2S. The van der Waals surface area contributed by atoms with E-state index in [2.05, 4.69) is 27.0 Å². The van der Waals surface area contributed by atoms with E-state index in [1.165, 1.54) is 11.8 Å². The van der Waals surface area contributed by atoms with Crippen LogP contribution in [0.3, 0.4) is 0 Å². The number of benzene rings is 3. The van der Waals surface area contributed by atoms with Crippen molar-refractivity contribution in [2.75, 3.05) is 5.75 Å². The SMILES string of the molecule is CCn1c(SCC(=O)N/N=C\c2cccc(Oc3ccccc3)c2)nc2ccccc21. The Kier molecular flexibility index (Phi) is 6.64. The Morgan fingerprint density at radius 3 is 2.68 bits per heavy atom. The minimum Gasteiger partial charge on any atom is -0.457 e. The van der Waals surface area contributed by atoms with Gasteiger partial charge in [-0.1, -0.05) is 54.2 Å². The molecule has 0 bridgehead atoms. The fraction of sp³-hybridized carbons (Fsp3) is 0.125. The van der Waals surface area contributed by atoms with E-state index in [0.717, 1.165) is 34.0 Å². The highest BCUT2D eigenvalue weighted by atomic mass is 32.2. The van der Waals surface area contributed by atoms with Gasteiger partial charge in [0.1, 0.15) is 11.5 Å². The van der Waals surface area contributed by atoms with Crippen LogP contribution in [0.4, 0.5) is 0 Å². The summed E-state index contributed by atoms with van der Waals surface area (Å²) in [5, 5.41) is 4.89. The Morgan fingerprint density at radius 1 is 1.06 bits per heavy atom. The number of hydrazone groups is 1. The zero-order valence-corrected chi connectivity index (χ0v) is 17.9. The Morgan fingerprint density at radius 2 is 1.84 bits per heavy atom. The first-order chi connectivity index (χ1) is 15.2. The van der Waals surface area contributed by atoms with Crippen molar-refractivity contribution in [3.05, 3.63) is 84.4 Å². The van der Waals surface area contributed by atoms with Crippen molar-refractivity contribution in [1.29, 1.82) is 0 Å². The van der Waals surface area contributed by atoms with Crippen LogP contribution in [-0.2, 0) is 11.3 Å². The molecule has 0 aliphatic heterocycles. The summed E-state index contributed by atoms with van der Waals surface area (Å²) in [7, 11) is 0. The molecule has 7 heteroatoms. The van der Waals surface area contributed by atoms with Crippen LogP contribution >= 0.6 is 11.8 Å². The van der Waals surface area contributed by atoms with Crippen LogP contribution in [0.1, 0.15) is 12.5 Å². The van der Waals surface area contributed by atoms with Crippen molar-refractivity contribution in [3.8, 4) is 11.5 Å². The Labute approximate surface area is 185 Å². The maximum absolute atomic E-state index is 12.2. The van der Waals surface area contributed by atoms with Gasteiger partial charge in [-0.2, -0.15) is 5.10 Å². The van der Waals surface area contributed by atoms with Crippen LogP contribution < -0.4 is 10.2 Å². The van der Waals surface area contributed by atoms with Crippen molar-refractivity contribution < 1.29 is 9.53 Å². The molecule has 4 aromatic rings. The summed E-state index contributed by atoms with van der Waals surface area (Å²) in [4.78, 5) is 16.8. The highest BCUT2D eigenvalue weighted by molar-refractivity contribution is 7.99. The van der Waals surface area contributed by atoms with E-state index < -0.39 is 0 Å². The van der Waals surface area contributed by atoms with Gasteiger partial charge in [0.2, 0.25) is 0 Å². The third-order valence-corrected chi connectivity index (χ3v) is 5.48. The zero-order valence-electron chi connectivity index (χ0n) is 17.1. The number of para-hydroxylation sites is 3. The molecule has 31 heavy (non-hydrogen) atoms. The number of hydrogen-bond donors (Lipinski definition) is 1. The number of nitrogens with one attached hydrogen (secondary N) is 1. The fourth-order valence-corrected chi connectivity index (χ4v) is 3.96. The van der Waals surface area contributed by atoms with Gasteiger partial charge in [0.05, 0.1) is 23.0 Å². The van der Waals surface area contributed by atoms with Crippen LogP contribution in [0.15, 0.2) is 89.1 Å². The molecule has 0 saturated heterocycles. The average molecular weight is 431 g/mol. The number of hydrogen-bond acceptors (Lipinski definition) is 5. The normalized spacial score (nSPS) is 11.1. The summed E-state index contributed by atoms with van der Waals surface area (Å²) in [5.74, 6) is 1.51. The second-order valence-electron chi connectivity index (χ2n) is 6.70. The lowest BCUT2D eigenvalue weighted by Crippen LogP contribution is -2.20. The number of rotatable bonds is 8. The molecule has 0 aliphatic carbocycles. The number of nitrogens with zero attached hydrogens (tertiary/aromatic N) is 3. The molecule has 4 rings (SSSR count). The molecule has 0 atom stereocenters. The summed E-state index contributed by atoms with van der Waals surface area (Å²) in [6, 6.07) is 25.1. The van der Waals surface area contributed by atoms with E-state index in [1.807, 2.05) is 78.9 Å². The molecule has 1 amide bonds. The number of imidazole rings is 1. The number of aromatic nitrogens is 2. The molecule has 3 aromatic carbocycles. The third-order valence-electron chi connectivity index (χ3n) is 4.51. The van der Waals surface area contributed by atoms with Gasteiger partial charge >= 0.3 is 0 Å². The predicted molar refractivity (Wildman–Crippen MR) is 125 cm³/mol. The van der Waals surface area contributed by atoms with Crippen molar-refractivity contribution in [2.24, 2.45) is 5.10 Å². The number of aryl methyl sites for hydroxylation is 1. The smallest absolute Gasteiger partial charge is 0.250 e. The van der Waals surface area contributed by atoms with Crippen molar-refractivity contribution in [2.45, 2.75) is 18.6 Å². The van der Waals surface area contributed by atoms with Crippen LogP contribution in [0.2, 0.25) is 0 Å². The zero-order chi connectivity index (χ0) is 21.5. The van der Waals surface area contributed by atoms with Crippen LogP contribution in [0.25, 0.3) is 11.0 Å². The van der Waals surface area contributed by atoms with Gasteiger partial charge < -0.3 is 9.30 Å². The summed E-state index contributed by atoms with van der Waals surface area (Å²) in [6.07, 6.45) is 1.60. The summed E-state index contributed by atoms with van der Waals surface area (Å²) >= 11 is 1.40. The number of ether oxygens (including phenoxy) is 1. The molecule has 0 saturated carbocycles. The third kappa shape index (κ3) is 5.32. The summed E-state index contributed by atoms with van der Waals surface area (Å²) in [6.45, 7) is 2.86. The molecule has 0 unspecified atom stereocenters. The lowest BCUT2D eigenvalue weighted by molar-refractivity contribution is -0.118. The number of carbonyl (C=O) groups excluding carboxylic acids is 1. The number of fused-ring (bicyclic) bond motifs is 1. The van der Waals surface area contributed by atoms with E-state index in [1.54, 1.807) is 6.21 Å². The van der Waals surface area contributed by atoms with E-state index in [0.29, 0.717) is 5.75 Å². The Bertz CT molecular complexity index is 1200. The van der Waals surface area contributed by atoms with Crippen LogP contribution in [-0.4, -0.2) is 27.4 Å². The molecule has 1 aromatic heterocycles. The van der Waals surface area contributed by atoms with Crippen molar-refractivity contribution in [3.63, 3.8) is 0 Å². The van der Waals surface area contributed by atoms with Crippen LogP contribution in [0, 0.1) is 0 Å². The standard InChI is InChI=1S/C24H22N4O2S/c1-2-28-22-14-7-6-13-21(22)26-24(28)31-17-23(29)27-25-16-18-9-8-12-20(15-18)30-19-10-4-3-5-11-19/h3-16H,2,17H2,1H3,(H,27,29)/b25-16-. The predicted octanol–water partition coefficient (Wildman–Crippen LogP) is 5.09. The van der Waals surface area contributed by atoms with E-state index in [9.17, 15) is 4.79 Å². The first-order valence-corrected chi connectivity index (χ1v) is 10.9. The maximum Gasteiger partial charge on any atom is 0.250 e. The highest BCUT2D eigenvalue weighted by Gasteiger charge is 2.11. The second kappa shape index (κ2) is 9.95. The molecule has 0 radical (unpaired) electrons. The molecule has 156 valence electrons. The molecule has 1 heterocycles. The summed E-state index contributed by atoms with van der Waals surface area (Å²) < 4.78 is 7.93. The number of thioether (sulfide) groups is 1. The van der Waals surface area contributed by atoms with Gasteiger partial charge in [0.15, 0.2) is 5.16 Å². The Balaban J connectivity index is 1.32. The molecular weight excluding hydrogens is 408 g/mol. The topological polar surface area (TPSA) is 68.5 Å². The largest absolute Gasteiger partial charge is 0.457 e. The first kappa shape index (κ1) is 20.7. The lowest BCUT2D eigenvalue weighted by Gasteiger charge is -2.06. The number of carbonyl (C=O) groups is 1. The average Bonchev–Trinajstić information content (AvgIpc) is 3.16. The van der Waals surface area contributed by atoms with Gasteiger partial charge in [-0.05, 0) is 48.9 Å². The highest BCUT2D eigenvalue weighted by Crippen LogP contribution is 2.24. The van der Waals surface area contributed by atoms with Gasteiger partial charge in [0.25, 0.3) is 5.91 Å². The minimum atomic E-state index is -0.187. The van der Waals surface area contributed by atoms with Gasteiger partial charge in [-0.3, -0.25) is 4.79 Å². The second-order valence-corrected chi connectivity index (χ2v) is 7.64. The maximum atomic E-state index is 12.2.